The maximum Gasteiger partial charge on any atom is 0.232 e. The van der Waals surface area contributed by atoms with Gasteiger partial charge in [-0.3, -0.25) is 9.69 Å². The van der Waals surface area contributed by atoms with Gasteiger partial charge in [0.15, 0.2) is 5.76 Å². The molecule has 2 fully saturated rings. The van der Waals surface area contributed by atoms with Crippen molar-refractivity contribution < 1.29 is 9.21 Å². The summed E-state index contributed by atoms with van der Waals surface area (Å²) in [4.78, 5) is 20.1. The molecule has 1 aliphatic heterocycles. The Bertz CT molecular complexity index is 835. The lowest BCUT2D eigenvalue weighted by Crippen LogP contribution is -2.61. The predicted molar refractivity (Wildman–Crippen MR) is 107 cm³/mol. The summed E-state index contributed by atoms with van der Waals surface area (Å²) in [6.45, 7) is 2.07. The van der Waals surface area contributed by atoms with Crippen LogP contribution in [0, 0.1) is 5.92 Å². The van der Waals surface area contributed by atoms with E-state index in [1.165, 1.54) is 38.5 Å². The molecular weight excluding hydrogens is 352 g/mol. The van der Waals surface area contributed by atoms with Crippen LogP contribution in [0.25, 0.3) is 11.6 Å². The van der Waals surface area contributed by atoms with Gasteiger partial charge in [-0.25, -0.2) is 4.68 Å². The van der Waals surface area contributed by atoms with Crippen molar-refractivity contribution in [1.29, 1.82) is 0 Å². The highest BCUT2D eigenvalue weighted by atomic mass is 16.3. The van der Waals surface area contributed by atoms with E-state index in [0.29, 0.717) is 23.9 Å². The first-order valence-electron chi connectivity index (χ1n) is 11.1. The molecule has 1 spiro atoms. The van der Waals surface area contributed by atoms with E-state index < -0.39 is 0 Å². The topological polar surface area (TPSA) is 64.2 Å². The van der Waals surface area contributed by atoms with Gasteiger partial charge in [-0.1, -0.05) is 39.0 Å². The Morgan fingerprint density at radius 3 is 2.79 bits per heavy atom. The fourth-order valence-corrected chi connectivity index (χ4v) is 6.00. The molecule has 2 aliphatic carbocycles. The van der Waals surface area contributed by atoms with Crippen LogP contribution in [0.4, 0.5) is 5.95 Å². The van der Waals surface area contributed by atoms with Gasteiger partial charge < -0.3 is 4.42 Å². The van der Waals surface area contributed by atoms with E-state index in [2.05, 4.69) is 11.6 Å². The number of furan rings is 1. The van der Waals surface area contributed by atoms with E-state index in [1.807, 2.05) is 17.0 Å². The lowest BCUT2D eigenvalue weighted by Gasteiger charge is -2.55. The van der Waals surface area contributed by atoms with E-state index in [-0.39, 0.29) is 17.5 Å². The first-order chi connectivity index (χ1) is 13.7. The Morgan fingerprint density at radius 2 is 2.04 bits per heavy atom. The van der Waals surface area contributed by atoms with Crippen molar-refractivity contribution in [3.63, 3.8) is 0 Å². The third kappa shape index (κ3) is 2.64. The average molecular weight is 383 g/mol. The summed E-state index contributed by atoms with van der Waals surface area (Å²) in [5.74, 6) is 2.73. The molecule has 5 rings (SSSR count). The highest BCUT2D eigenvalue weighted by Gasteiger charge is 2.55. The standard InChI is InChI=1S/C22H30N4O2/c1-2-9-19(27)25-17-11-5-4-10-16(17)22(13-6-3-7-14-22)26-21(25)23-20(24-26)18-12-8-15-28-18/h8,12,15-17H,2-7,9-11,13-14H2,1H3/t16-,17+/m1/s1. The number of carbonyl (C=O) groups excluding carboxylic acids is 1. The molecule has 6 heteroatoms. The number of anilines is 1. The second-order valence-electron chi connectivity index (χ2n) is 8.76. The molecule has 0 aromatic carbocycles. The highest BCUT2D eigenvalue weighted by Crippen LogP contribution is 2.53. The Morgan fingerprint density at radius 1 is 1.21 bits per heavy atom. The first-order valence-corrected chi connectivity index (χ1v) is 11.1. The molecule has 0 bridgehead atoms. The number of nitrogens with zero attached hydrogens (tertiary/aromatic N) is 4. The van der Waals surface area contributed by atoms with E-state index >= 15 is 0 Å². The number of rotatable bonds is 3. The third-order valence-corrected chi connectivity index (χ3v) is 7.17. The van der Waals surface area contributed by atoms with Crippen LogP contribution in [0.5, 0.6) is 0 Å². The lowest BCUT2D eigenvalue weighted by molar-refractivity contribution is -0.121. The van der Waals surface area contributed by atoms with Crippen LogP contribution in [-0.4, -0.2) is 26.7 Å². The van der Waals surface area contributed by atoms with Crippen molar-refractivity contribution in [3.8, 4) is 11.6 Å². The van der Waals surface area contributed by atoms with Crippen LogP contribution in [0.1, 0.15) is 77.6 Å². The van der Waals surface area contributed by atoms with Crippen LogP contribution in [-0.2, 0) is 10.3 Å². The highest BCUT2D eigenvalue weighted by molar-refractivity contribution is 5.93. The molecule has 2 aromatic heterocycles. The first kappa shape index (κ1) is 18.0. The fraction of sp³-hybridized carbons (Fsp3) is 0.682. The summed E-state index contributed by atoms with van der Waals surface area (Å²) in [5.41, 5.74) is 0.0134. The molecule has 6 nitrogen and oxygen atoms in total. The van der Waals surface area contributed by atoms with Crippen molar-refractivity contribution in [1.82, 2.24) is 14.8 Å². The number of carbonyl (C=O) groups is 1. The molecule has 2 saturated carbocycles. The number of amides is 1. The van der Waals surface area contributed by atoms with Gasteiger partial charge in [0.1, 0.15) is 0 Å². The Kier molecular flexibility index (Phi) is 4.52. The smallest absolute Gasteiger partial charge is 0.232 e. The normalized spacial score (nSPS) is 26.1. The quantitative estimate of drug-likeness (QED) is 0.757. The SMILES string of the molecule is CCCC(=O)N1c2nc(-c3ccco3)nn2C2(CCCCC2)[C@@H]2CCCC[C@@H]21. The van der Waals surface area contributed by atoms with Crippen molar-refractivity contribution >= 4 is 11.9 Å². The Balaban J connectivity index is 1.68. The van der Waals surface area contributed by atoms with Gasteiger partial charge in [0.2, 0.25) is 17.7 Å². The second kappa shape index (κ2) is 7.05. The fourth-order valence-electron chi connectivity index (χ4n) is 6.00. The van der Waals surface area contributed by atoms with Gasteiger partial charge >= 0.3 is 0 Å². The zero-order chi connectivity index (χ0) is 19.1. The minimum absolute atomic E-state index is 0.0134. The van der Waals surface area contributed by atoms with Gasteiger partial charge in [0, 0.05) is 18.4 Å². The summed E-state index contributed by atoms with van der Waals surface area (Å²) >= 11 is 0. The maximum absolute atomic E-state index is 13.2. The number of hydrogen-bond acceptors (Lipinski definition) is 4. The van der Waals surface area contributed by atoms with Crippen molar-refractivity contribution in [3.05, 3.63) is 18.4 Å². The molecule has 0 N–H and O–H groups in total. The van der Waals surface area contributed by atoms with Gasteiger partial charge in [0.25, 0.3) is 0 Å². The van der Waals surface area contributed by atoms with Crippen LogP contribution in [0.2, 0.25) is 0 Å². The molecule has 3 heterocycles. The van der Waals surface area contributed by atoms with Crippen molar-refractivity contribution in [2.45, 2.75) is 89.1 Å². The molecule has 1 amide bonds. The number of fused-ring (bicyclic) bond motifs is 4. The average Bonchev–Trinajstić information content (AvgIpc) is 3.40. The summed E-state index contributed by atoms with van der Waals surface area (Å²) in [6, 6.07) is 4.04. The van der Waals surface area contributed by atoms with E-state index in [9.17, 15) is 4.79 Å². The molecule has 150 valence electrons. The molecule has 0 radical (unpaired) electrons. The minimum atomic E-state index is 0.0134. The number of aromatic nitrogens is 3. The molecule has 0 unspecified atom stereocenters. The number of hydrogen-bond donors (Lipinski definition) is 0. The second-order valence-corrected chi connectivity index (χ2v) is 8.76. The molecule has 2 atom stereocenters. The molecule has 3 aliphatic rings. The summed E-state index contributed by atoms with van der Waals surface area (Å²) < 4.78 is 7.75. The summed E-state index contributed by atoms with van der Waals surface area (Å²) in [5, 5.41) is 4.97. The molecule has 28 heavy (non-hydrogen) atoms. The third-order valence-electron chi connectivity index (χ3n) is 7.17. The minimum Gasteiger partial charge on any atom is -0.461 e. The zero-order valence-corrected chi connectivity index (χ0v) is 16.8. The van der Waals surface area contributed by atoms with Gasteiger partial charge in [-0.2, -0.15) is 4.98 Å². The Hall–Kier alpha value is -2.11. The van der Waals surface area contributed by atoms with Gasteiger partial charge in [0.05, 0.1) is 11.8 Å². The van der Waals surface area contributed by atoms with Gasteiger partial charge in [-0.05, 0) is 44.2 Å². The van der Waals surface area contributed by atoms with Crippen molar-refractivity contribution in [2.75, 3.05) is 4.90 Å². The van der Waals surface area contributed by atoms with E-state index in [1.54, 1.807) is 6.26 Å². The molecule has 2 aromatic rings. The monoisotopic (exact) mass is 382 g/mol. The van der Waals surface area contributed by atoms with E-state index in [0.717, 1.165) is 31.6 Å². The maximum atomic E-state index is 13.2. The molecular formula is C22H30N4O2. The van der Waals surface area contributed by atoms with Crippen LogP contribution in [0.3, 0.4) is 0 Å². The zero-order valence-electron chi connectivity index (χ0n) is 16.8. The Labute approximate surface area is 166 Å². The predicted octanol–water partition coefficient (Wildman–Crippen LogP) is 4.90. The van der Waals surface area contributed by atoms with Crippen LogP contribution >= 0.6 is 0 Å². The summed E-state index contributed by atoms with van der Waals surface area (Å²) in [6.07, 6.45) is 13.9. The lowest BCUT2D eigenvalue weighted by atomic mass is 9.64. The van der Waals surface area contributed by atoms with Crippen molar-refractivity contribution in [2.24, 2.45) is 5.92 Å². The van der Waals surface area contributed by atoms with Crippen LogP contribution in [0.15, 0.2) is 22.8 Å². The summed E-state index contributed by atoms with van der Waals surface area (Å²) in [7, 11) is 0. The largest absolute Gasteiger partial charge is 0.461 e. The molecule has 0 saturated heterocycles. The van der Waals surface area contributed by atoms with Gasteiger partial charge in [-0.15, -0.1) is 5.10 Å². The van der Waals surface area contributed by atoms with Crippen LogP contribution < -0.4 is 4.90 Å². The van der Waals surface area contributed by atoms with E-state index in [4.69, 9.17) is 14.5 Å².